The number of alkyl halides is 4. The van der Waals surface area contributed by atoms with Gasteiger partial charge in [0.2, 0.25) is 0 Å². The Labute approximate surface area is 122 Å². The van der Waals surface area contributed by atoms with Crippen LogP contribution in [0, 0.1) is 0 Å². The van der Waals surface area contributed by atoms with Crippen molar-refractivity contribution in [2.75, 3.05) is 6.54 Å². The average molecular weight is 359 g/mol. The van der Waals surface area contributed by atoms with Crippen LogP contribution in [0.25, 0.3) is 0 Å². The second-order valence-corrected chi connectivity index (χ2v) is 5.50. The molecule has 0 aliphatic rings. The van der Waals surface area contributed by atoms with Crippen molar-refractivity contribution in [2.45, 2.75) is 24.4 Å². The van der Waals surface area contributed by atoms with E-state index < -0.39 is 18.0 Å². The van der Waals surface area contributed by atoms with Gasteiger partial charge in [-0.05, 0) is 30.7 Å². The summed E-state index contributed by atoms with van der Waals surface area (Å²) in [7, 11) is 0. The molecule has 1 aromatic carbocycles. The highest BCUT2D eigenvalue weighted by atomic mass is 79.9. The Bertz CT molecular complexity index is 422. The van der Waals surface area contributed by atoms with E-state index >= 15 is 0 Å². The third-order valence-electron chi connectivity index (χ3n) is 2.30. The first-order chi connectivity index (χ1) is 8.78. The molecule has 0 aliphatic carbocycles. The average Bonchev–Trinajstić information content (AvgIpc) is 2.27. The topological polar surface area (TPSA) is 29.1 Å². The van der Waals surface area contributed by atoms with E-state index in [0.29, 0.717) is 5.56 Å². The fraction of sp³-hybridized carbons (Fsp3) is 0.417. The minimum Gasteiger partial charge on any atom is -0.352 e. The summed E-state index contributed by atoms with van der Waals surface area (Å²) in [6, 6.07) is 6.66. The van der Waals surface area contributed by atoms with Gasteiger partial charge in [-0.25, -0.2) is 0 Å². The number of hydrogen-bond acceptors (Lipinski definition) is 1. The Morgan fingerprint density at radius 2 is 1.89 bits per heavy atom. The second-order valence-electron chi connectivity index (χ2n) is 3.97. The molecule has 0 saturated carbocycles. The fourth-order valence-electron chi connectivity index (χ4n) is 1.40. The number of hydrogen-bond donors (Lipinski definition) is 1. The summed E-state index contributed by atoms with van der Waals surface area (Å²) < 4.78 is 36.9. The lowest BCUT2D eigenvalue weighted by molar-refractivity contribution is -0.134. The highest BCUT2D eigenvalue weighted by Gasteiger charge is 2.30. The number of nitrogens with one attached hydrogen (secondary N) is 1. The molecule has 1 N–H and O–H groups in total. The zero-order valence-corrected chi connectivity index (χ0v) is 12.1. The molecule has 106 valence electrons. The molecule has 0 bridgehead atoms. The monoisotopic (exact) mass is 357 g/mol. The molecule has 0 aromatic heterocycles. The minimum atomic E-state index is -4.28. The van der Waals surface area contributed by atoms with Gasteiger partial charge in [-0.15, -0.1) is 11.6 Å². The Morgan fingerprint density at radius 1 is 1.32 bits per heavy atom. The molecule has 2 nitrogen and oxygen atoms in total. The number of benzene rings is 1. The summed E-state index contributed by atoms with van der Waals surface area (Å²) in [5.74, 6) is -0.330. The number of amides is 1. The van der Waals surface area contributed by atoms with Crippen LogP contribution >= 0.6 is 27.5 Å². The van der Waals surface area contributed by atoms with Crippen LogP contribution in [0.1, 0.15) is 23.2 Å². The lowest BCUT2D eigenvalue weighted by atomic mass is 10.2. The molecule has 0 fully saturated rings. The second kappa shape index (κ2) is 7.14. The first kappa shape index (κ1) is 16.3. The van der Waals surface area contributed by atoms with Gasteiger partial charge in [0.25, 0.3) is 5.91 Å². The molecule has 19 heavy (non-hydrogen) atoms. The molecule has 0 aliphatic heterocycles. The molecule has 0 saturated heterocycles. The van der Waals surface area contributed by atoms with Gasteiger partial charge >= 0.3 is 6.18 Å². The first-order valence-electron chi connectivity index (χ1n) is 5.52. The van der Waals surface area contributed by atoms with E-state index in [0.717, 1.165) is 4.47 Å². The molecular formula is C12H12BrClF3NO. The molecule has 0 heterocycles. The highest BCUT2D eigenvalue weighted by molar-refractivity contribution is 9.10. The van der Waals surface area contributed by atoms with Crippen LogP contribution < -0.4 is 5.32 Å². The van der Waals surface area contributed by atoms with E-state index in [2.05, 4.69) is 21.2 Å². The van der Waals surface area contributed by atoms with Crippen LogP contribution in [0.15, 0.2) is 28.7 Å². The summed E-state index contributed by atoms with van der Waals surface area (Å²) in [6.07, 6.45) is -5.26. The van der Waals surface area contributed by atoms with E-state index in [1.54, 1.807) is 24.3 Å². The first-order valence-corrected chi connectivity index (χ1v) is 6.75. The van der Waals surface area contributed by atoms with Crippen molar-refractivity contribution in [3.63, 3.8) is 0 Å². The third-order valence-corrected chi connectivity index (χ3v) is 3.20. The number of halogens is 5. The van der Waals surface area contributed by atoms with Crippen LogP contribution in [-0.4, -0.2) is 24.0 Å². The number of rotatable bonds is 5. The summed E-state index contributed by atoms with van der Waals surface area (Å²) in [5.41, 5.74) is 0.449. The zero-order chi connectivity index (χ0) is 14.5. The van der Waals surface area contributed by atoms with Crippen molar-refractivity contribution in [1.29, 1.82) is 0 Å². The van der Waals surface area contributed by atoms with Crippen LogP contribution in [0.4, 0.5) is 13.2 Å². The quantitative estimate of drug-likeness (QED) is 0.788. The van der Waals surface area contributed by atoms with Crippen molar-refractivity contribution >= 4 is 33.4 Å². The summed E-state index contributed by atoms with van der Waals surface area (Å²) in [4.78, 5) is 11.6. The zero-order valence-electron chi connectivity index (χ0n) is 9.81. The SMILES string of the molecule is O=C(NCC[C@H](Cl)CC(F)(F)F)c1ccc(Br)cc1. The molecule has 1 amide bonds. The van der Waals surface area contributed by atoms with Crippen LogP contribution in [0.2, 0.25) is 0 Å². The molecule has 0 unspecified atom stereocenters. The lowest BCUT2D eigenvalue weighted by Crippen LogP contribution is -2.27. The molecular weight excluding hydrogens is 346 g/mol. The number of carbonyl (C=O) groups is 1. The Morgan fingerprint density at radius 3 is 2.42 bits per heavy atom. The van der Waals surface area contributed by atoms with Crippen LogP contribution in [0.5, 0.6) is 0 Å². The van der Waals surface area contributed by atoms with Crippen molar-refractivity contribution < 1.29 is 18.0 Å². The highest BCUT2D eigenvalue weighted by Crippen LogP contribution is 2.25. The van der Waals surface area contributed by atoms with Crippen molar-refractivity contribution in [3.8, 4) is 0 Å². The Balaban J connectivity index is 2.33. The van der Waals surface area contributed by atoms with Gasteiger partial charge in [0.05, 0.1) is 6.42 Å². The third kappa shape index (κ3) is 6.82. The van der Waals surface area contributed by atoms with E-state index in [4.69, 9.17) is 11.6 Å². The standard InChI is InChI=1S/C12H12BrClF3NO/c13-9-3-1-8(2-4-9)11(19)18-6-5-10(14)7-12(15,16)17/h1-4,10H,5-7H2,(H,18,19)/t10-/m0/s1. The van der Waals surface area contributed by atoms with Crippen molar-refractivity contribution in [1.82, 2.24) is 5.32 Å². The number of carbonyl (C=O) groups excluding carboxylic acids is 1. The molecule has 7 heteroatoms. The lowest BCUT2D eigenvalue weighted by Gasteiger charge is -2.12. The fourth-order valence-corrected chi connectivity index (χ4v) is 1.95. The van der Waals surface area contributed by atoms with Gasteiger partial charge in [0, 0.05) is 22.0 Å². The maximum Gasteiger partial charge on any atom is 0.390 e. The van der Waals surface area contributed by atoms with Crippen molar-refractivity contribution in [3.05, 3.63) is 34.3 Å². The van der Waals surface area contributed by atoms with Gasteiger partial charge in [-0.2, -0.15) is 13.2 Å². The predicted octanol–water partition coefficient (Wildman–Crippen LogP) is 4.13. The minimum absolute atomic E-state index is 0.0728. The summed E-state index contributed by atoms with van der Waals surface area (Å²) in [6.45, 7) is 0.110. The van der Waals surface area contributed by atoms with E-state index in [1.807, 2.05) is 0 Å². The maximum atomic E-state index is 12.0. The normalized spacial score (nSPS) is 13.1. The van der Waals surface area contributed by atoms with Gasteiger partial charge < -0.3 is 5.32 Å². The largest absolute Gasteiger partial charge is 0.390 e. The smallest absolute Gasteiger partial charge is 0.352 e. The van der Waals surface area contributed by atoms with Crippen LogP contribution in [0.3, 0.4) is 0 Å². The van der Waals surface area contributed by atoms with Gasteiger partial charge in [-0.3, -0.25) is 4.79 Å². The molecule has 0 radical (unpaired) electrons. The van der Waals surface area contributed by atoms with Crippen molar-refractivity contribution in [2.24, 2.45) is 0 Å². The van der Waals surface area contributed by atoms with Crippen LogP contribution in [-0.2, 0) is 0 Å². The molecule has 1 aromatic rings. The molecule has 1 atom stereocenters. The summed E-state index contributed by atoms with van der Waals surface area (Å²) in [5, 5.41) is 1.51. The molecule has 0 spiro atoms. The van der Waals surface area contributed by atoms with Gasteiger partial charge in [0.15, 0.2) is 0 Å². The van der Waals surface area contributed by atoms with E-state index in [9.17, 15) is 18.0 Å². The Kier molecular flexibility index (Phi) is 6.13. The molecule has 1 rings (SSSR count). The predicted molar refractivity (Wildman–Crippen MR) is 71.4 cm³/mol. The van der Waals surface area contributed by atoms with Gasteiger partial charge in [-0.1, -0.05) is 15.9 Å². The Hall–Kier alpha value is -0.750. The summed E-state index contributed by atoms with van der Waals surface area (Å²) >= 11 is 8.78. The van der Waals surface area contributed by atoms with Gasteiger partial charge in [0.1, 0.15) is 0 Å². The maximum absolute atomic E-state index is 12.0. The van der Waals surface area contributed by atoms with E-state index in [1.165, 1.54) is 0 Å². The van der Waals surface area contributed by atoms with E-state index in [-0.39, 0.29) is 18.9 Å².